The molecule has 0 fully saturated rings. The minimum atomic E-state index is -0.679. The zero-order chi connectivity index (χ0) is 14.5. The van der Waals surface area contributed by atoms with E-state index in [4.69, 9.17) is 4.74 Å². The van der Waals surface area contributed by atoms with Gasteiger partial charge in [-0.3, -0.25) is 0 Å². The Morgan fingerprint density at radius 3 is 2.65 bits per heavy atom. The Balaban J connectivity index is 2.31. The van der Waals surface area contributed by atoms with E-state index in [0.29, 0.717) is 5.56 Å². The molecule has 1 unspecified atom stereocenters. The number of carbonyl (C=O) groups excluding carboxylic acids is 1. The van der Waals surface area contributed by atoms with Crippen LogP contribution in [0.1, 0.15) is 11.6 Å². The molecule has 2 aromatic rings. The van der Waals surface area contributed by atoms with Crippen LogP contribution in [0.5, 0.6) is 5.75 Å². The summed E-state index contributed by atoms with van der Waals surface area (Å²) < 4.78 is 5.72. The Labute approximate surface area is 125 Å². The number of phenolic OH excluding ortho intramolecular Hbond substituents is 1. The normalized spacial score (nSPS) is 11.7. The van der Waals surface area contributed by atoms with Crippen LogP contribution in [0.2, 0.25) is 0 Å². The van der Waals surface area contributed by atoms with Gasteiger partial charge in [0.25, 0.3) is 0 Å². The van der Waals surface area contributed by atoms with Crippen LogP contribution < -0.4 is 5.32 Å². The summed E-state index contributed by atoms with van der Waals surface area (Å²) in [5, 5.41) is 12.6. The van der Waals surface area contributed by atoms with E-state index in [2.05, 4.69) is 21.2 Å². The predicted octanol–water partition coefficient (Wildman–Crippen LogP) is 3.48. The molecule has 0 heterocycles. The quantitative estimate of drug-likeness (QED) is 0.840. The SMILES string of the molecule is COC(=O)C(Nc1cccc(Br)c1)c1cccc(O)c1. The summed E-state index contributed by atoms with van der Waals surface area (Å²) in [7, 11) is 1.33. The van der Waals surface area contributed by atoms with Crippen molar-refractivity contribution >= 4 is 27.6 Å². The fourth-order valence-electron chi connectivity index (χ4n) is 1.85. The first-order valence-electron chi connectivity index (χ1n) is 5.99. The molecule has 0 bridgehead atoms. The Morgan fingerprint density at radius 2 is 2.00 bits per heavy atom. The monoisotopic (exact) mass is 335 g/mol. The number of esters is 1. The fraction of sp³-hybridized carbons (Fsp3) is 0.133. The van der Waals surface area contributed by atoms with Crippen molar-refractivity contribution in [1.29, 1.82) is 0 Å². The van der Waals surface area contributed by atoms with E-state index in [-0.39, 0.29) is 5.75 Å². The molecule has 1 atom stereocenters. The van der Waals surface area contributed by atoms with Gasteiger partial charge in [0.05, 0.1) is 7.11 Å². The predicted molar refractivity (Wildman–Crippen MR) is 80.6 cm³/mol. The number of halogens is 1. The first-order valence-corrected chi connectivity index (χ1v) is 6.78. The van der Waals surface area contributed by atoms with Crippen LogP contribution in [0, 0.1) is 0 Å². The van der Waals surface area contributed by atoms with Gasteiger partial charge in [-0.15, -0.1) is 0 Å². The largest absolute Gasteiger partial charge is 0.508 e. The molecule has 0 aromatic heterocycles. The van der Waals surface area contributed by atoms with E-state index in [1.165, 1.54) is 13.2 Å². The van der Waals surface area contributed by atoms with Crippen molar-refractivity contribution in [2.75, 3.05) is 12.4 Å². The van der Waals surface area contributed by atoms with Crippen molar-refractivity contribution in [2.24, 2.45) is 0 Å². The van der Waals surface area contributed by atoms with E-state index in [1.807, 2.05) is 24.3 Å². The lowest BCUT2D eigenvalue weighted by Crippen LogP contribution is -2.22. The number of phenols is 1. The molecule has 0 radical (unpaired) electrons. The summed E-state index contributed by atoms with van der Waals surface area (Å²) in [6.45, 7) is 0. The second kappa shape index (κ2) is 6.43. The van der Waals surface area contributed by atoms with Gasteiger partial charge in [0.15, 0.2) is 6.04 Å². The van der Waals surface area contributed by atoms with Crippen molar-refractivity contribution in [3.63, 3.8) is 0 Å². The lowest BCUT2D eigenvalue weighted by atomic mass is 10.1. The molecule has 0 saturated heterocycles. The molecule has 4 nitrogen and oxygen atoms in total. The number of aromatic hydroxyl groups is 1. The van der Waals surface area contributed by atoms with Gasteiger partial charge >= 0.3 is 5.97 Å². The molecule has 2 N–H and O–H groups in total. The second-order valence-electron chi connectivity index (χ2n) is 4.21. The van der Waals surface area contributed by atoms with Gasteiger partial charge in [-0.2, -0.15) is 0 Å². The number of hydrogen-bond acceptors (Lipinski definition) is 4. The van der Waals surface area contributed by atoms with Crippen molar-refractivity contribution in [3.05, 3.63) is 58.6 Å². The van der Waals surface area contributed by atoms with Crippen LogP contribution >= 0.6 is 15.9 Å². The van der Waals surface area contributed by atoms with Crippen LogP contribution in [-0.4, -0.2) is 18.2 Å². The lowest BCUT2D eigenvalue weighted by molar-refractivity contribution is -0.141. The van der Waals surface area contributed by atoms with E-state index < -0.39 is 12.0 Å². The lowest BCUT2D eigenvalue weighted by Gasteiger charge is -2.18. The highest BCUT2D eigenvalue weighted by Crippen LogP contribution is 2.25. The summed E-state index contributed by atoms with van der Waals surface area (Å²) in [5.41, 5.74) is 1.41. The third kappa shape index (κ3) is 3.51. The Bertz CT molecular complexity index is 616. The van der Waals surface area contributed by atoms with Gasteiger partial charge in [0.2, 0.25) is 0 Å². The third-order valence-electron chi connectivity index (χ3n) is 2.78. The van der Waals surface area contributed by atoms with Crippen LogP contribution in [0.25, 0.3) is 0 Å². The number of carbonyl (C=O) groups is 1. The van der Waals surface area contributed by atoms with Crippen LogP contribution in [-0.2, 0) is 9.53 Å². The summed E-state index contributed by atoms with van der Waals surface area (Å²) in [6, 6.07) is 13.3. The maximum atomic E-state index is 11.9. The number of nitrogens with one attached hydrogen (secondary N) is 1. The molecule has 104 valence electrons. The van der Waals surface area contributed by atoms with Gasteiger partial charge in [-0.1, -0.05) is 34.1 Å². The number of anilines is 1. The van der Waals surface area contributed by atoms with Gasteiger partial charge in [0.1, 0.15) is 5.75 Å². The molecule has 5 heteroatoms. The van der Waals surface area contributed by atoms with Crippen molar-refractivity contribution in [1.82, 2.24) is 0 Å². The Hall–Kier alpha value is -2.01. The first kappa shape index (κ1) is 14.4. The molecular weight excluding hydrogens is 322 g/mol. The molecule has 0 spiro atoms. The average Bonchev–Trinajstić information content (AvgIpc) is 2.44. The second-order valence-corrected chi connectivity index (χ2v) is 5.12. The number of ether oxygens (including phenoxy) is 1. The van der Waals surface area contributed by atoms with Gasteiger partial charge in [0, 0.05) is 10.2 Å². The van der Waals surface area contributed by atoms with Gasteiger partial charge < -0.3 is 15.2 Å². The topological polar surface area (TPSA) is 58.6 Å². The number of hydrogen-bond donors (Lipinski definition) is 2. The smallest absolute Gasteiger partial charge is 0.332 e. The standard InChI is InChI=1S/C15H14BrNO3/c1-20-15(19)14(10-4-2-7-13(18)8-10)17-12-6-3-5-11(16)9-12/h2-9,14,17-18H,1H3. The maximum Gasteiger partial charge on any atom is 0.332 e. The molecule has 0 aliphatic heterocycles. The summed E-state index contributed by atoms with van der Waals surface area (Å²) in [5.74, 6) is -0.317. The van der Waals surface area contributed by atoms with Crippen molar-refractivity contribution in [2.45, 2.75) is 6.04 Å². The number of rotatable bonds is 4. The Morgan fingerprint density at radius 1 is 1.25 bits per heavy atom. The average molecular weight is 336 g/mol. The zero-order valence-electron chi connectivity index (χ0n) is 10.8. The van der Waals surface area contributed by atoms with Crippen LogP contribution in [0.15, 0.2) is 53.0 Å². The number of benzene rings is 2. The van der Waals surface area contributed by atoms with Crippen molar-refractivity contribution in [3.8, 4) is 5.75 Å². The molecule has 0 amide bonds. The van der Waals surface area contributed by atoms with Crippen LogP contribution in [0.3, 0.4) is 0 Å². The van der Waals surface area contributed by atoms with Crippen molar-refractivity contribution < 1.29 is 14.6 Å². The summed E-state index contributed by atoms with van der Waals surface area (Å²) >= 11 is 3.38. The Kier molecular flexibility index (Phi) is 4.63. The molecule has 0 saturated carbocycles. The maximum absolute atomic E-state index is 11.9. The molecule has 0 aliphatic rings. The minimum absolute atomic E-state index is 0.104. The van der Waals surface area contributed by atoms with E-state index in [9.17, 15) is 9.90 Å². The van der Waals surface area contributed by atoms with Gasteiger partial charge in [-0.25, -0.2) is 4.79 Å². The highest BCUT2D eigenvalue weighted by Gasteiger charge is 2.21. The third-order valence-corrected chi connectivity index (χ3v) is 3.27. The highest BCUT2D eigenvalue weighted by molar-refractivity contribution is 9.10. The van der Waals surface area contributed by atoms with E-state index in [1.54, 1.807) is 18.2 Å². The molecule has 2 rings (SSSR count). The van der Waals surface area contributed by atoms with Gasteiger partial charge in [-0.05, 0) is 35.9 Å². The molecular formula is C15H14BrNO3. The molecule has 20 heavy (non-hydrogen) atoms. The summed E-state index contributed by atoms with van der Waals surface area (Å²) in [6.07, 6.45) is 0. The fourth-order valence-corrected chi connectivity index (χ4v) is 2.24. The van der Waals surface area contributed by atoms with Crippen LogP contribution in [0.4, 0.5) is 5.69 Å². The molecule has 0 aliphatic carbocycles. The van der Waals surface area contributed by atoms with E-state index >= 15 is 0 Å². The first-order chi connectivity index (χ1) is 9.60. The zero-order valence-corrected chi connectivity index (χ0v) is 12.4. The minimum Gasteiger partial charge on any atom is -0.508 e. The number of methoxy groups -OCH3 is 1. The van der Waals surface area contributed by atoms with E-state index in [0.717, 1.165) is 10.2 Å². The highest BCUT2D eigenvalue weighted by atomic mass is 79.9. The summed E-state index contributed by atoms with van der Waals surface area (Å²) in [4.78, 5) is 11.9. The molecule has 2 aromatic carbocycles.